The molecule has 0 amide bonds. The molecule has 0 radical (unpaired) electrons. The molecule has 1 aromatic carbocycles. The quantitative estimate of drug-likeness (QED) is 0.807. The van der Waals surface area contributed by atoms with Gasteiger partial charge in [0, 0.05) is 6.04 Å². The molecule has 0 saturated heterocycles. The highest BCUT2D eigenvalue weighted by Crippen LogP contribution is 2.40. The smallest absolute Gasteiger partial charge is 0.313 e. The Labute approximate surface area is 124 Å². The topological polar surface area (TPSA) is 12.0 Å². The number of hydrogen-bond donors (Lipinski definition) is 1. The monoisotopic (exact) mass is 299 g/mol. The second kappa shape index (κ2) is 6.82. The van der Waals surface area contributed by atoms with Crippen molar-refractivity contribution >= 4 is 0 Å². The van der Waals surface area contributed by atoms with E-state index in [0.717, 1.165) is 18.4 Å². The Hall–Kier alpha value is -1.03. The predicted molar refractivity (Wildman–Crippen MR) is 79.0 cm³/mol. The van der Waals surface area contributed by atoms with Crippen LogP contribution in [0.2, 0.25) is 0 Å². The van der Waals surface area contributed by atoms with Crippen LogP contribution in [0.3, 0.4) is 0 Å². The van der Waals surface area contributed by atoms with Gasteiger partial charge in [-0.2, -0.15) is 13.2 Å². The van der Waals surface area contributed by atoms with Gasteiger partial charge in [-0.3, -0.25) is 0 Å². The van der Waals surface area contributed by atoms with Crippen LogP contribution in [-0.2, 0) is 6.18 Å². The minimum Gasteiger partial charge on any atom is -0.313 e. The minimum atomic E-state index is -4.26. The van der Waals surface area contributed by atoms with E-state index in [1.165, 1.54) is 31.4 Å². The second-order valence-electron chi connectivity index (χ2n) is 6.00. The van der Waals surface area contributed by atoms with Crippen molar-refractivity contribution < 1.29 is 13.2 Å². The molecular formula is C17H24F3N. The third kappa shape index (κ3) is 3.79. The van der Waals surface area contributed by atoms with Crippen molar-refractivity contribution in [3.05, 3.63) is 35.4 Å². The minimum absolute atomic E-state index is 0.150. The van der Waals surface area contributed by atoms with Crippen LogP contribution >= 0.6 is 0 Å². The van der Waals surface area contributed by atoms with Crippen molar-refractivity contribution in [2.75, 3.05) is 7.05 Å². The van der Waals surface area contributed by atoms with Crippen LogP contribution in [0.25, 0.3) is 0 Å². The van der Waals surface area contributed by atoms with Crippen LogP contribution in [0.4, 0.5) is 13.2 Å². The van der Waals surface area contributed by atoms with E-state index < -0.39 is 11.7 Å². The fraction of sp³-hybridized carbons (Fsp3) is 0.647. The highest BCUT2D eigenvalue weighted by Gasteiger charge is 2.33. The predicted octanol–water partition coefficient (Wildman–Crippen LogP) is 5.18. The molecule has 1 aliphatic rings. The van der Waals surface area contributed by atoms with E-state index in [-0.39, 0.29) is 6.04 Å². The van der Waals surface area contributed by atoms with E-state index in [2.05, 4.69) is 12.2 Å². The number of hydrogen-bond acceptors (Lipinski definition) is 1. The Bertz CT molecular complexity index is 438. The lowest BCUT2D eigenvalue weighted by Gasteiger charge is -2.37. The van der Waals surface area contributed by atoms with Crippen molar-refractivity contribution in [2.45, 2.75) is 51.2 Å². The Morgan fingerprint density at radius 1 is 1.14 bits per heavy atom. The molecule has 0 spiro atoms. The highest BCUT2D eigenvalue weighted by molar-refractivity contribution is 5.27. The van der Waals surface area contributed by atoms with Crippen LogP contribution in [0.15, 0.2) is 24.3 Å². The lowest BCUT2D eigenvalue weighted by atomic mass is 9.72. The van der Waals surface area contributed by atoms with Gasteiger partial charge in [-0.25, -0.2) is 0 Å². The van der Waals surface area contributed by atoms with Gasteiger partial charge >= 0.3 is 6.18 Å². The van der Waals surface area contributed by atoms with Crippen molar-refractivity contribution in [2.24, 2.45) is 11.8 Å². The first-order valence-electron chi connectivity index (χ1n) is 7.81. The van der Waals surface area contributed by atoms with Crippen molar-refractivity contribution in [3.8, 4) is 0 Å². The zero-order valence-electron chi connectivity index (χ0n) is 12.7. The molecule has 2 rings (SSSR count). The average Bonchev–Trinajstić information content (AvgIpc) is 2.48. The van der Waals surface area contributed by atoms with Crippen molar-refractivity contribution in [3.63, 3.8) is 0 Å². The molecule has 118 valence electrons. The summed E-state index contributed by atoms with van der Waals surface area (Å²) in [6, 6.07) is 5.81. The van der Waals surface area contributed by atoms with E-state index in [9.17, 15) is 13.2 Å². The maximum atomic E-state index is 12.7. The third-order valence-electron chi connectivity index (χ3n) is 4.83. The van der Waals surface area contributed by atoms with E-state index >= 15 is 0 Å². The Kier molecular flexibility index (Phi) is 5.31. The Morgan fingerprint density at radius 2 is 1.76 bits per heavy atom. The Balaban J connectivity index is 2.20. The van der Waals surface area contributed by atoms with E-state index in [4.69, 9.17) is 0 Å². The summed E-state index contributed by atoms with van der Waals surface area (Å²) in [6.45, 7) is 2.21. The summed E-state index contributed by atoms with van der Waals surface area (Å²) in [5.41, 5.74) is 0.396. The second-order valence-corrected chi connectivity index (χ2v) is 6.00. The number of benzene rings is 1. The van der Waals surface area contributed by atoms with Crippen LogP contribution in [0.1, 0.15) is 56.2 Å². The van der Waals surface area contributed by atoms with Crippen LogP contribution in [0.5, 0.6) is 0 Å². The fourth-order valence-electron chi connectivity index (χ4n) is 3.69. The fourth-order valence-corrected chi connectivity index (χ4v) is 3.69. The van der Waals surface area contributed by atoms with Crippen LogP contribution < -0.4 is 5.32 Å². The summed E-state index contributed by atoms with van der Waals surface area (Å²) in [5, 5.41) is 3.33. The maximum Gasteiger partial charge on any atom is 0.416 e. The van der Waals surface area contributed by atoms with Gasteiger partial charge in [0.2, 0.25) is 0 Å². The van der Waals surface area contributed by atoms with Crippen molar-refractivity contribution in [1.29, 1.82) is 0 Å². The SMILES string of the molecule is CCC1CCCCC1C(NC)c1ccc(C(F)(F)F)cc1. The molecule has 0 heterocycles. The molecule has 0 bridgehead atoms. The molecule has 1 aromatic rings. The molecule has 0 aliphatic heterocycles. The van der Waals surface area contributed by atoms with E-state index in [1.54, 1.807) is 12.1 Å². The summed E-state index contributed by atoms with van der Waals surface area (Å²) >= 11 is 0. The molecule has 1 saturated carbocycles. The number of halogens is 3. The number of rotatable bonds is 4. The molecule has 21 heavy (non-hydrogen) atoms. The average molecular weight is 299 g/mol. The lowest BCUT2D eigenvalue weighted by Crippen LogP contribution is -2.32. The molecule has 1 N–H and O–H groups in total. The number of nitrogens with one attached hydrogen (secondary N) is 1. The van der Waals surface area contributed by atoms with Crippen molar-refractivity contribution in [1.82, 2.24) is 5.32 Å². The summed E-state index contributed by atoms with van der Waals surface area (Å²) < 4.78 is 38.0. The highest BCUT2D eigenvalue weighted by atomic mass is 19.4. The molecule has 1 nitrogen and oxygen atoms in total. The standard InChI is InChI=1S/C17H24F3N/c1-3-12-6-4-5-7-15(12)16(21-2)13-8-10-14(11-9-13)17(18,19)20/h8-12,15-16,21H,3-7H2,1-2H3. The zero-order chi connectivity index (χ0) is 15.5. The summed E-state index contributed by atoms with van der Waals surface area (Å²) in [5.74, 6) is 1.18. The Morgan fingerprint density at radius 3 is 2.29 bits per heavy atom. The molecule has 3 unspecified atom stereocenters. The van der Waals surface area contributed by atoms with Crippen LogP contribution in [-0.4, -0.2) is 7.05 Å². The van der Waals surface area contributed by atoms with Gasteiger partial charge in [0.15, 0.2) is 0 Å². The zero-order valence-corrected chi connectivity index (χ0v) is 12.7. The number of alkyl halides is 3. The molecule has 1 fully saturated rings. The van der Waals surface area contributed by atoms with Gasteiger partial charge in [-0.1, -0.05) is 44.7 Å². The molecule has 3 atom stereocenters. The molecule has 4 heteroatoms. The maximum absolute atomic E-state index is 12.7. The molecule has 0 aromatic heterocycles. The van der Waals surface area contributed by atoms with Gasteiger partial charge in [0.05, 0.1) is 5.56 Å². The van der Waals surface area contributed by atoms with Gasteiger partial charge in [0.25, 0.3) is 0 Å². The van der Waals surface area contributed by atoms with Gasteiger partial charge in [-0.05, 0) is 43.0 Å². The largest absolute Gasteiger partial charge is 0.416 e. The summed E-state index contributed by atoms with van der Waals surface area (Å²) in [6.07, 6.45) is 1.78. The van der Waals surface area contributed by atoms with Gasteiger partial charge < -0.3 is 5.32 Å². The van der Waals surface area contributed by atoms with E-state index in [0.29, 0.717) is 11.8 Å². The normalized spacial score (nSPS) is 24.8. The van der Waals surface area contributed by atoms with E-state index in [1.807, 2.05) is 7.05 Å². The first-order valence-corrected chi connectivity index (χ1v) is 7.81. The van der Waals surface area contributed by atoms with Crippen LogP contribution in [0, 0.1) is 11.8 Å². The summed E-state index contributed by atoms with van der Waals surface area (Å²) in [4.78, 5) is 0. The molecular weight excluding hydrogens is 275 g/mol. The third-order valence-corrected chi connectivity index (χ3v) is 4.83. The summed E-state index contributed by atoms with van der Waals surface area (Å²) in [7, 11) is 1.91. The van der Waals surface area contributed by atoms with Gasteiger partial charge in [0.1, 0.15) is 0 Å². The molecule has 1 aliphatic carbocycles. The lowest BCUT2D eigenvalue weighted by molar-refractivity contribution is -0.137. The first-order chi connectivity index (χ1) is 9.97. The van der Waals surface area contributed by atoms with Gasteiger partial charge in [-0.15, -0.1) is 0 Å². The first kappa shape index (κ1) is 16.3.